The molecule has 0 aromatic heterocycles. The zero-order valence-electron chi connectivity index (χ0n) is 25.2. The smallest absolute Gasteiger partial charge is 0.411 e. The number of hydrogen-bond acceptors (Lipinski definition) is 6. The zero-order chi connectivity index (χ0) is 29.8. The van der Waals surface area contributed by atoms with Gasteiger partial charge in [0.1, 0.15) is 0 Å². The topological polar surface area (TPSA) is 114 Å². The van der Waals surface area contributed by atoms with Gasteiger partial charge in [0.05, 0.1) is 18.2 Å². The molecule has 3 amide bonds. The predicted octanol–water partition coefficient (Wildman–Crippen LogP) is 4.86. The standard InChI is InChI=1S/C33H43N5O5.ClH/c39-30(26-6-8-28(9-7-26)35-31(40)43-23-24-10-16-34-17-11-24)37-20-14-33(15-21-37,27-4-2-1-3-5-27)38(32(41)42)29-22-36-18-12-25(29)13-19-36;/h1-9,24-25,29,34H,10-23H2,(H,35,40)(H,41,42);1H/t29-;/m0./s1. The number of hydrogen-bond donors (Lipinski definition) is 3. The Morgan fingerprint density at radius 3 is 2.18 bits per heavy atom. The Morgan fingerprint density at radius 1 is 0.932 bits per heavy atom. The third-order valence-electron chi connectivity index (χ3n) is 10.1. The second-order valence-corrected chi connectivity index (χ2v) is 12.5. The Bertz CT molecular complexity index is 1270. The maximum Gasteiger partial charge on any atom is 0.411 e. The van der Waals surface area contributed by atoms with Crippen LogP contribution in [0.25, 0.3) is 0 Å². The quantitative estimate of drug-likeness (QED) is 0.403. The molecule has 0 radical (unpaired) electrons. The molecule has 1 atom stereocenters. The van der Waals surface area contributed by atoms with Gasteiger partial charge < -0.3 is 25.0 Å². The molecule has 0 spiro atoms. The Morgan fingerprint density at radius 2 is 1.59 bits per heavy atom. The molecule has 5 aliphatic rings. The molecule has 44 heavy (non-hydrogen) atoms. The number of nitrogens with zero attached hydrogens (tertiary/aromatic N) is 3. The van der Waals surface area contributed by atoms with Gasteiger partial charge in [-0.2, -0.15) is 0 Å². The number of ether oxygens (including phenoxy) is 1. The molecule has 2 aromatic carbocycles. The highest BCUT2D eigenvalue weighted by Crippen LogP contribution is 2.44. The molecule has 3 N–H and O–H groups in total. The summed E-state index contributed by atoms with van der Waals surface area (Å²) in [4.78, 5) is 44.8. The highest BCUT2D eigenvalue weighted by Gasteiger charge is 2.51. The highest BCUT2D eigenvalue weighted by molar-refractivity contribution is 5.95. The molecule has 10 nitrogen and oxygen atoms in total. The lowest BCUT2D eigenvalue weighted by Crippen LogP contribution is -2.65. The van der Waals surface area contributed by atoms with E-state index in [1.807, 2.05) is 35.2 Å². The predicted molar refractivity (Wildman–Crippen MR) is 170 cm³/mol. The van der Waals surface area contributed by atoms with E-state index in [1.165, 1.54) is 0 Å². The first-order valence-corrected chi connectivity index (χ1v) is 15.8. The van der Waals surface area contributed by atoms with Crippen molar-refractivity contribution in [2.45, 2.75) is 50.1 Å². The van der Waals surface area contributed by atoms with Gasteiger partial charge in [0.15, 0.2) is 0 Å². The summed E-state index contributed by atoms with van der Waals surface area (Å²) < 4.78 is 5.41. The number of halogens is 1. The molecule has 5 fully saturated rings. The van der Waals surface area contributed by atoms with E-state index in [2.05, 4.69) is 15.5 Å². The first kappa shape index (κ1) is 32.1. The number of benzene rings is 2. The number of carboxylic acid groups (broad SMARTS) is 1. The molecule has 5 aliphatic heterocycles. The molecule has 2 bridgehead atoms. The molecule has 238 valence electrons. The third kappa shape index (κ3) is 6.82. The number of piperidine rings is 5. The normalized spacial score (nSPS) is 24.5. The Labute approximate surface area is 265 Å². The summed E-state index contributed by atoms with van der Waals surface area (Å²) in [5.74, 6) is 0.664. The van der Waals surface area contributed by atoms with E-state index in [0.717, 1.165) is 64.0 Å². The Kier molecular flexibility index (Phi) is 10.3. The van der Waals surface area contributed by atoms with Crippen LogP contribution in [-0.2, 0) is 10.3 Å². The van der Waals surface area contributed by atoms with Crippen LogP contribution in [0.5, 0.6) is 0 Å². The number of rotatable bonds is 7. The first-order chi connectivity index (χ1) is 20.9. The van der Waals surface area contributed by atoms with Gasteiger partial charge in [-0.1, -0.05) is 30.3 Å². The van der Waals surface area contributed by atoms with Crippen LogP contribution in [-0.4, -0.2) is 96.4 Å². The lowest BCUT2D eigenvalue weighted by atomic mass is 9.75. The van der Waals surface area contributed by atoms with E-state index in [9.17, 15) is 19.5 Å². The first-order valence-electron chi connectivity index (χ1n) is 15.8. The van der Waals surface area contributed by atoms with Gasteiger partial charge in [-0.05, 0) is 106 Å². The van der Waals surface area contributed by atoms with E-state index < -0.39 is 17.7 Å². The van der Waals surface area contributed by atoms with Gasteiger partial charge in [-0.3, -0.25) is 15.0 Å². The van der Waals surface area contributed by atoms with Gasteiger partial charge >= 0.3 is 12.2 Å². The van der Waals surface area contributed by atoms with Crippen LogP contribution in [0.4, 0.5) is 15.3 Å². The fourth-order valence-electron chi connectivity index (χ4n) is 7.64. The molecule has 2 aromatic rings. The molecular formula is C33H44ClN5O5. The lowest BCUT2D eigenvalue weighted by Gasteiger charge is -2.56. The van der Waals surface area contributed by atoms with Crippen LogP contribution in [0.1, 0.15) is 54.4 Å². The van der Waals surface area contributed by atoms with Crippen LogP contribution in [0, 0.1) is 11.8 Å². The van der Waals surface area contributed by atoms with Crippen molar-refractivity contribution in [3.05, 3.63) is 65.7 Å². The number of anilines is 1. The number of amides is 3. The zero-order valence-corrected chi connectivity index (χ0v) is 26.0. The SMILES string of the molecule is Cl.O=C(Nc1ccc(C(=O)N2CCC(c3ccccc3)(N(C(=O)O)[C@H]3CN4CCC3CC4)CC2)cc1)OCC1CCNCC1. The molecule has 7 rings (SSSR count). The van der Waals surface area contributed by atoms with E-state index >= 15 is 0 Å². The second kappa shape index (κ2) is 14.2. The summed E-state index contributed by atoms with van der Waals surface area (Å²) in [6, 6.07) is 16.8. The van der Waals surface area contributed by atoms with Crippen LogP contribution < -0.4 is 10.6 Å². The van der Waals surface area contributed by atoms with E-state index in [4.69, 9.17) is 4.74 Å². The lowest BCUT2D eigenvalue weighted by molar-refractivity contribution is -0.0573. The largest absolute Gasteiger partial charge is 0.465 e. The summed E-state index contributed by atoms with van der Waals surface area (Å²) in [7, 11) is 0. The maximum absolute atomic E-state index is 13.5. The van der Waals surface area contributed by atoms with Gasteiger partial charge in [-0.25, -0.2) is 9.59 Å². The van der Waals surface area contributed by atoms with Crippen molar-refractivity contribution < 1.29 is 24.2 Å². The molecule has 11 heteroatoms. The Hall–Kier alpha value is -3.34. The molecule has 0 unspecified atom stereocenters. The second-order valence-electron chi connectivity index (χ2n) is 12.5. The molecular weight excluding hydrogens is 582 g/mol. The van der Waals surface area contributed by atoms with Crippen LogP contribution >= 0.6 is 12.4 Å². The molecule has 0 saturated carbocycles. The monoisotopic (exact) mass is 625 g/mol. The average Bonchev–Trinajstić information content (AvgIpc) is 3.05. The summed E-state index contributed by atoms with van der Waals surface area (Å²) in [6.45, 7) is 6.10. The fraction of sp³-hybridized carbons (Fsp3) is 0.545. The number of carbonyl (C=O) groups is 3. The molecule has 0 aliphatic carbocycles. The van der Waals surface area contributed by atoms with Gasteiger partial charge in [0, 0.05) is 30.9 Å². The minimum Gasteiger partial charge on any atom is -0.465 e. The summed E-state index contributed by atoms with van der Waals surface area (Å²) in [5, 5.41) is 16.7. The van der Waals surface area contributed by atoms with Crippen molar-refractivity contribution in [2.24, 2.45) is 11.8 Å². The Balaban J connectivity index is 0.00000384. The number of fused-ring (bicyclic) bond motifs is 3. The van der Waals surface area contributed by atoms with Crippen LogP contribution in [0.3, 0.4) is 0 Å². The fourth-order valence-corrected chi connectivity index (χ4v) is 7.64. The van der Waals surface area contributed by atoms with Crippen molar-refractivity contribution >= 4 is 36.2 Å². The van der Waals surface area contributed by atoms with E-state index in [-0.39, 0.29) is 24.4 Å². The minimum atomic E-state index is -0.875. The van der Waals surface area contributed by atoms with E-state index in [1.54, 1.807) is 29.2 Å². The average molecular weight is 626 g/mol. The number of nitrogens with one attached hydrogen (secondary N) is 2. The third-order valence-corrected chi connectivity index (χ3v) is 10.1. The summed E-state index contributed by atoms with van der Waals surface area (Å²) >= 11 is 0. The van der Waals surface area contributed by atoms with Crippen LogP contribution in [0.2, 0.25) is 0 Å². The van der Waals surface area contributed by atoms with Crippen molar-refractivity contribution in [1.29, 1.82) is 0 Å². The van der Waals surface area contributed by atoms with Crippen molar-refractivity contribution in [1.82, 2.24) is 20.0 Å². The van der Waals surface area contributed by atoms with Crippen molar-refractivity contribution in [3.63, 3.8) is 0 Å². The van der Waals surface area contributed by atoms with Gasteiger partial charge in [0.25, 0.3) is 5.91 Å². The van der Waals surface area contributed by atoms with Gasteiger partial charge in [-0.15, -0.1) is 12.4 Å². The van der Waals surface area contributed by atoms with Crippen LogP contribution in [0.15, 0.2) is 54.6 Å². The van der Waals surface area contributed by atoms with Crippen molar-refractivity contribution in [3.8, 4) is 0 Å². The summed E-state index contributed by atoms with van der Waals surface area (Å²) in [6.07, 6.45) is 3.79. The van der Waals surface area contributed by atoms with Gasteiger partial charge in [0.2, 0.25) is 0 Å². The number of likely N-dealkylation sites (tertiary alicyclic amines) is 1. The molecule has 5 heterocycles. The highest BCUT2D eigenvalue weighted by atomic mass is 35.5. The molecule has 5 saturated heterocycles. The maximum atomic E-state index is 13.5. The number of carbonyl (C=O) groups excluding carboxylic acids is 2. The summed E-state index contributed by atoms with van der Waals surface area (Å²) in [5.41, 5.74) is 1.43. The van der Waals surface area contributed by atoms with E-state index in [0.29, 0.717) is 55.6 Å². The van der Waals surface area contributed by atoms with Crippen molar-refractivity contribution in [2.75, 3.05) is 57.7 Å². The minimum absolute atomic E-state index is 0.